The van der Waals surface area contributed by atoms with Gasteiger partial charge in [-0.1, -0.05) is 26.2 Å². The summed E-state index contributed by atoms with van der Waals surface area (Å²) in [6.07, 6.45) is 3.27. The molecule has 14 heavy (non-hydrogen) atoms. The first-order chi connectivity index (χ1) is 6.51. The first-order valence-corrected chi connectivity index (χ1v) is 4.72. The molecule has 0 aliphatic carbocycles. The molecule has 3 unspecified atom stereocenters. The molecule has 0 aliphatic heterocycles. The number of rotatable bonds is 6. The highest BCUT2D eigenvalue weighted by Crippen LogP contribution is 2.14. The molecule has 0 aromatic carbocycles. The molecular weight excluding hydrogens is 178 g/mol. The summed E-state index contributed by atoms with van der Waals surface area (Å²) >= 11 is 0. The van der Waals surface area contributed by atoms with Crippen molar-refractivity contribution in [3.05, 3.63) is 25.3 Å². The summed E-state index contributed by atoms with van der Waals surface area (Å²) in [4.78, 5) is 11.0. The van der Waals surface area contributed by atoms with E-state index in [2.05, 4.69) is 13.2 Å². The zero-order valence-electron chi connectivity index (χ0n) is 8.90. The summed E-state index contributed by atoms with van der Waals surface area (Å²) in [6, 6.07) is 0.0925. The van der Waals surface area contributed by atoms with Gasteiger partial charge in [0.25, 0.3) is 0 Å². The topological polar surface area (TPSA) is 52.3 Å². The van der Waals surface area contributed by atoms with E-state index in [4.69, 9.17) is 10.5 Å². The number of carbonyl (C=O) groups excluding carboxylic acids is 1. The number of hydrogen-bond acceptors (Lipinski definition) is 3. The molecule has 3 atom stereocenters. The van der Waals surface area contributed by atoms with Gasteiger partial charge < -0.3 is 10.5 Å². The van der Waals surface area contributed by atoms with E-state index in [0.717, 1.165) is 12.5 Å². The summed E-state index contributed by atoms with van der Waals surface area (Å²) in [6.45, 7) is 10.9. The highest BCUT2D eigenvalue weighted by Gasteiger charge is 2.18. The standard InChI is InChI=1S/C11H19NO2/c1-5-10(14-11(13)6-2)8(3)7-9(4)12/h5-6,8-10H,1-2,7,12H2,3-4H3. The van der Waals surface area contributed by atoms with Crippen molar-refractivity contribution in [3.8, 4) is 0 Å². The fraction of sp³-hybridized carbons (Fsp3) is 0.545. The Bertz CT molecular complexity index is 211. The number of nitrogens with two attached hydrogens (primary N) is 1. The lowest BCUT2D eigenvalue weighted by atomic mass is 9.97. The lowest BCUT2D eigenvalue weighted by Gasteiger charge is -2.21. The molecule has 0 amide bonds. The lowest BCUT2D eigenvalue weighted by Crippen LogP contribution is -2.28. The van der Waals surface area contributed by atoms with Crippen LogP contribution in [0.1, 0.15) is 20.3 Å². The highest BCUT2D eigenvalue weighted by molar-refractivity contribution is 5.81. The SMILES string of the molecule is C=CC(=O)OC(C=C)C(C)CC(C)N. The van der Waals surface area contributed by atoms with E-state index in [0.29, 0.717) is 0 Å². The fourth-order valence-electron chi connectivity index (χ4n) is 1.30. The molecule has 0 spiro atoms. The average molecular weight is 197 g/mol. The van der Waals surface area contributed by atoms with Crippen LogP contribution in [0.15, 0.2) is 25.3 Å². The van der Waals surface area contributed by atoms with Crippen molar-refractivity contribution in [3.63, 3.8) is 0 Å². The zero-order chi connectivity index (χ0) is 11.1. The van der Waals surface area contributed by atoms with Gasteiger partial charge in [0.05, 0.1) is 0 Å². The second kappa shape index (κ2) is 6.38. The molecule has 3 heteroatoms. The molecule has 0 saturated carbocycles. The Labute approximate surface area is 85.6 Å². The van der Waals surface area contributed by atoms with Crippen LogP contribution in [0.3, 0.4) is 0 Å². The summed E-state index contributed by atoms with van der Waals surface area (Å²) in [5, 5.41) is 0. The lowest BCUT2D eigenvalue weighted by molar-refractivity contribution is -0.142. The van der Waals surface area contributed by atoms with Crippen LogP contribution in [0, 0.1) is 5.92 Å². The van der Waals surface area contributed by atoms with Gasteiger partial charge in [-0.2, -0.15) is 0 Å². The molecular formula is C11H19NO2. The van der Waals surface area contributed by atoms with Crippen LogP contribution in [0.2, 0.25) is 0 Å². The van der Waals surface area contributed by atoms with Crippen molar-refractivity contribution in [1.82, 2.24) is 0 Å². The molecule has 80 valence electrons. The minimum absolute atomic E-state index is 0.0925. The van der Waals surface area contributed by atoms with E-state index in [1.807, 2.05) is 13.8 Å². The van der Waals surface area contributed by atoms with Crippen LogP contribution < -0.4 is 5.73 Å². The number of ether oxygens (including phenoxy) is 1. The first kappa shape index (κ1) is 12.9. The molecule has 0 bridgehead atoms. The van der Waals surface area contributed by atoms with Crippen LogP contribution in [0.5, 0.6) is 0 Å². The predicted molar refractivity (Wildman–Crippen MR) is 57.7 cm³/mol. The molecule has 0 heterocycles. The van der Waals surface area contributed by atoms with Gasteiger partial charge in [0, 0.05) is 12.1 Å². The largest absolute Gasteiger partial charge is 0.455 e. The van der Waals surface area contributed by atoms with E-state index in [1.54, 1.807) is 6.08 Å². The third kappa shape index (κ3) is 4.82. The van der Waals surface area contributed by atoms with Gasteiger partial charge in [-0.3, -0.25) is 0 Å². The third-order valence-corrected chi connectivity index (χ3v) is 1.96. The van der Waals surface area contributed by atoms with Crippen LogP contribution in [0.25, 0.3) is 0 Å². The van der Waals surface area contributed by atoms with Gasteiger partial charge in [-0.15, -0.1) is 0 Å². The first-order valence-electron chi connectivity index (χ1n) is 4.72. The second-order valence-electron chi connectivity index (χ2n) is 3.53. The molecule has 0 aromatic rings. The molecule has 3 nitrogen and oxygen atoms in total. The van der Waals surface area contributed by atoms with Crippen molar-refractivity contribution in [1.29, 1.82) is 0 Å². The Morgan fingerprint density at radius 2 is 2.07 bits per heavy atom. The Morgan fingerprint density at radius 3 is 2.43 bits per heavy atom. The van der Waals surface area contributed by atoms with E-state index < -0.39 is 5.97 Å². The minimum Gasteiger partial charge on any atom is -0.455 e. The van der Waals surface area contributed by atoms with Crippen molar-refractivity contribution in [2.75, 3.05) is 0 Å². The molecule has 0 aliphatic rings. The molecule has 2 N–H and O–H groups in total. The van der Waals surface area contributed by atoms with Crippen LogP contribution in [0.4, 0.5) is 0 Å². The predicted octanol–water partition coefficient (Wildman–Crippen LogP) is 1.64. The molecule has 0 aromatic heterocycles. The summed E-state index contributed by atoms with van der Waals surface area (Å²) in [5.74, 6) is -0.247. The van der Waals surface area contributed by atoms with Crippen LogP contribution in [-0.4, -0.2) is 18.1 Å². The Kier molecular flexibility index (Phi) is 5.88. The maximum absolute atomic E-state index is 11.0. The zero-order valence-corrected chi connectivity index (χ0v) is 8.90. The molecule has 0 rings (SSSR count). The fourth-order valence-corrected chi connectivity index (χ4v) is 1.30. The monoisotopic (exact) mass is 197 g/mol. The quantitative estimate of drug-likeness (QED) is 0.400. The summed E-state index contributed by atoms with van der Waals surface area (Å²) < 4.78 is 5.08. The van der Waals surface area contributed by atoms with Gasteiger partial charge in [-0.05, 0) is 19.3 Å². The van der Waals surface area contributed by atoms with Gasteiger partial charge in [0.1, 0.15) is 6.10 Å². The number of carbonyl (C=O) groups is 1. The van der Waals surface area contributed by atoms with Crippen LogP contribution in [-0.2, 0) is 9.53 Å². The Hall–Kier alpha value is -1.09. The maximum atomic E-state index is 11.0. The second-order valence-corrected chi connectivity index (χ2v) is 3.53. The van der Waals surface area contributed by atoms with Crippen molar-refractivity contribution in [2.45, 2.75) is 32.4 Å². The molecule has 0 radical (unpaired) electrons. The maximum Gasteiger partial charge on any atom is 0.330 e. The van der Waals surface area contributed by atoms with Gasteiger partial charge in [0.2, 0.25) is 0 Å². The summed E-state index contributed by atoms with van der Waals surface area (Å²) in [5.41, 5.74) is 5.65. The number of hydrogen-bond donors (Lipinski definition) is 1. The van der Waals surface area contributed by atoms with Crippen molar-refractivity contribution >= 4 is 5.97 Å². The Morgan fingerprint density at radius 1 is 1.50 bits per heavy atom. The van der Waals surface area contributed by atoms with E-state index >= 15 is 0 Å². The molecule has 0 fully saturated rings. The smallest absolute Gasteiger partial charge is 0.330 e. The van der Waals surface area contributed by atoms with Crippen molar-refractivity contribution in [2.24, 2.45) is 11.7 Å². The normalized spacial score (nSPS) is 16.5. The highest BCUT2D eigenvalue weighted by atomic mass is 16.5. The van der Waals surface area contributed by atoms with Gasteiger partial charge >= 0.3 is 5.97 Å². The van der Waals surface area contributed by atoms with E-state index in [1.165, 1.54) is 0 Å². The Balaban J connectivity index is 4.18. The third-order valence-electron chi connectivity index (χ3n) is 1.96. The van der Waals surface area contributed by atoms with E-state index in [9.17, 15) is 4.79 Å². The number of esters is 1. The van der Waals surface area contributed by atoms with Gasteiger partial charge in [0.15, 0.2) is 0 Å². The van der Waals surface area contributed by atoms with Gasteiger partial charge in [-0.25, -0.2) is 4.79 Å². The average Bonchev–Trinajstić information content (AvgIpc) is 2.12. The molecule has 0 saturated heterocycles. The van der Waals surface area contributed by atoms with Crippen LogP contribution >= 0.6 is 0 Å². The van der Waals surface area contributed by atoms with Crippen molar-refractivity contribution < 1.29 is 9.53 Å². The minimum atomic E-state index is -0.425. The van der Waals surface area contributed by atoms with E-state index in [-0.39, 0.29) is 18.1 Å². The summed E-state index contributed by atoms with van der Waals surface area (Å²) in [7, 11) is 0.